The largest absolute Gasteiger partial charge is 0.325 e. The molecule has 0 bridgehead atoms. The van der Waals surface area contributed by atoms with Crippen LogP contribution in [0.1, 0.15) is 12.5 Å². The van der Waals surface area contributed by atoms with Gasteiger partial charge in [0.1, 0.15) is 0 Å². The van der Waals surface area contributed by atoms with Crippen LogP contribution in [0.4, 0.5) is 5.69 Å². The van der Waals surface area contributed by atoms with Gasteiger partial charge in [0, 0.05) is 22.3 Å². The molecule has 0 saturated heterocycles. The number of benzene rings is 2. The van der Waals surface area contributed by atoms with Crippen LogP contribution < -0.4 is 10.9 Å². The Labute approximate surface area is 181 Å². The minimum absolute atomic E-state index is 0.122. The van der Waals surface area contributed by atoms with Crippen LogP contribution in [0.25, 0.3) is 17.0 Å². The van der Waals surface area contributed by atoms with Gasteiger partial charge in [0.05, 0.1) is 5.75 Å². The first-order valence-electron chi connectivity index (χ1n) is 9.29. The molecule has 7 nitrogen and oxygen atoms in total. The molecular formula is C21H18ClN5O2S. The standard InChI is InChI=1S/C21H18ClN5O2S/c1-2-13-6-8-16(9-7-13)23-19(29)12-30-21-25-20(14-4-3-5-15(22)10-14)24-17-11-18(28)26-27(17)21/h3-11H,2,12H2,1H3,(H,23,29)(H,26,28). The van der Waals surface area contributed by atoms with Crippen molar-refractivity contribution in [2.24, 2.45) is 0 Å². The molecule has 30 heavy (non-hydrogen) atoms. The van der Waals surface area contributed by atoms with E-state index < -0.39 is 0 Å². The number of carbonyl (C=O) groups is 1. The Balaban J connectivity index is 1.56. The van der Waals surface area contributed by atoms with Crippen molar-refractivity contribution >= 4 is 40.6 Å². The Morgan fingerprint density at radius 1 is 1.17 bits per heavy atom. The van der Waals surface area contributed by atoms with Gasteiger partial charge in [-0.15, -0.1) is 0 Å². The van der Waals surface area contributed by atoms with Gasteiger partial charge in [-0.25, -0.2) is 14.5 Å². The number of nitrogens with zero attached hydrogens (tertiary/aromatic N) is 3. The van der Waals surface area contributed by atoms with Gasteiger partial charge in [-0.2, -0.15) is 0 Å². The third kappa shape index (κ3) is 4.55. The molecule has 2 aromatic heterocycles. The molecule has 0 aliphatic carbocycles. The first-order valence-corrected chi connectivity index (χ1v) is 10.7. The summed E-state index contributed by atoms with van der Waals surface area (Å²) < 4.78 is 1.48. The minimum Gasteiger partial charge on any atom is -0.325 e. The number of aromatic amines is 1. The highest BCUT2D eigenvalue weighted by Crippen LogP contribution is 2.23. The van der Waals surface area contributed by atoms with Crippen molar-refractivity contribution in [1.82, 2.24) is 19.6 Å². The highest BCUT2D eigenvalue weighted by atomic mass is 35.5. The lowest BCUT2D eigenvalue weighted by Gasteiger charge is -2.08. The lowest BCUT2D eigenvalue weighted by atomic mass is 10.1. The van der Waals surface area contributed by atoms with Gasteiger partial charge in [-0.1, -0.05) is 54.6 Å². The third-order valence-corrected chi connectivity index (χ3v) is 5.56. The second-order valence-corrected chi connectivity index (χ2v) is 7.92. The number of aryl methyl sites for hydroxylation is 1. The average molecular weight is 440 g/mol. The molecule has 0 saturated carbocycles. The number of carbonyl (C=O) groups excluding carboxylic acids is 1. The predicted octanol–water partition coefficient (Wildman–Crippen LogP) is 4.03. The lowest BCUT2D eigenvalue weighted by molar-refractivity contribution is -0.113. The molecule has 4 aromatic rings. The van der Waals surface area contributed by atoms with E-state index in [1.807, 2.05) is 30.3 Å². The maximum absolute atomic E-state index is 12.4. The van der Waals surface area contributed by atoms with Crippen LogP contribution in [0.3, 0.4) is 0 Å². The van der Waals surface area contributed by atoms with Gasteiger partial charge < -0.3 is 5.32 Å². The number of nitrogens with one attached hydrogen (secondary N) is 2. The highest BCUT2D eigenvalue weighted by molar-refractivity contribution is 7.99. The summed E-state index contributed by atoms with van der Waals surface area (Å²) in [6, 6.07) is 16.3. The molecule has 1 amide bonds. The predicted molar refractivity (Wildman–Crippen MR) is 119 cm³/mol. The number of anilines is 1. The van der Waals surface area contributed by atoms with Crippen molar-refractivity contribution in [1.29, 1.82) is 0 Å². The smallest absolute Gasteiger partial charge is 0.266 e. The molecule has 0 radical (unpaired) electrons. The summed E-state index contributed by atoms with van der Waals surface area (Å²) in [4.78, 5) is 33.2. The second kappa shape index (κ2) is 8.73. The van der Waals surface area contributed by atoms with E-state index in [0.717, 1.165) is 17.7 Å². The van der Waals surface area contributed by atoms with Crippen molar-refractivity contribution in [2.75, 3.05) is 11.1 Å². The van der Waals surface area contributed by atoms with Gasteiger partial charge in [0.2, 0.25) is 5.91 Å². The van der Waals surface area contributed by atoms with E-state index in [-0.39, 0.29) is 17.2 Å². The lowest BCUT2D eigenvalue weighted by Crippen LogP contribution is -2.15. The summed E-state index contributed by atoms with van der Waals surface area (Å²) in [5, 5.41) is 6.54. The summed E-state index contributed by atoms with van der Waals surface area (Å²) in [5.41, 5.74) is 2.79. The zero-order valence-corrected chi connectivity index (χ0v) is 17.6. The number of hydrogen-bond acceptors (Lipinski definition) is 5. The Bertz CT molecular complexity index is 1270. The normalized spacial score (nSPS) is 11.0. The van der Waals surface area contributed by atoms with Crippen LogP contribution in [0, 0.1) is 0 Å². The number of amides is 1. The van der Waals surface area contributed by atoms with Crippen LogP contribution >= 0.6 is 23.4 Å². The number of H-pyrrole nitrogens is 1. The molecule has 152 valence electrons. The summed E-state index contributed by atoms with van der Waals surface area (Å²) in [7, 11) is 0. The number of hydrogen-bond donors (Lipinski definition) is 2. The van der Waals surface area contributed by atoms with E-state index in [9.17, 15) is 9.59 Å². The van der Waals surface area contributed by atoms with E-state index in [2.05, 4.69) is 27.3 Å². The zero-order valence-electron chi connectivity index (χ0n) is 16.1. The molecule has 2 heterocycles. The van der Waals surface area contributed by atoms with Gasteiger partial charge in [0.15, 0.2) is 16.6 Å². The number of thioether (sulfide) groups is 1. The first kappa shape index (κ1) is 20.2. The van der Waals surface area contributed by atoms with Gasteiger partial charge in [0.25, 0.3) is 5.56 Å². The number of rotatable bonds is 6. The van der Waals surface area contributed by atoms with Gasteiger partial charge >= 0.3 is 0 Å². The fourth-order valence-corrected chi connectivity index (χ4v) is 3.83. The first-order chi connectivity index (χ1) is 14.5. The Morgan fingerprint density at radius 3 is 2.70 bits per heavy atom. The van der Waals surface area contributed by atoms with Crippen molar-refractivity contribution in [2.45, 2.75) is 18.5 Å². The maximum atomic E-state index is 12.4. The Morgan fingerprint density at radius 2 is 1.97 bits per heavy atom. The molecule has 0 aliphatic heterocycles. The highest BCUT2D eigenvalue weighted by Gasteiger charge is 2.13. The van der Waals surface area contributed by atoms with Crippen LogP contribution in [-0.2, 0) is 11.2 Å². The molecule has 0 atom stereocenters. The fourth-order valence-electron chi connectivity index (χ4n) is 2.89. The van der Waals surface area contributed by atoms with E-state index in [1.165, 1.54) is 27.9 Å². The summed E-state index contributed by atoms with van der Waals surface area (Å²) in [6.45, 7) is 2.08. The van der Waals surface area contributed by atoms with Crippen LogP contribution in [-0.4, -0.2) is 31.2 Å². The third-order valence-electron chi connectivity index (χ3n) is 4.39. The van der Waals surface area contributed by atoms with Gasteiger partial charge in [-0.3, -0.25) is 14.7 Å². The molecule has 9 heteroatoms. The molecule has 0 fully saturated rings. The maximum Gasteiger partial charge on any atom is 0.266 e. The molecule has 0 aliphatic rings. The molecule has 2 N–H and O–H groups in total. The van der Waals surface area contributed by atoms with Crippen LogP contribution in [0.15, 0.2) is 64.5 Å². The molecule has 0 unspecified atom stereocenters. The SMILES string of the molecule is CCc1ccc(NC(=O)CSc2nc(-c3cccc(Cl)c3)nc3cc(=O)[nH]n23)cc1. The minimum atomic E-state index is -0.296. The quantitative estimate of drug-likeness (QED) is 0.442. The van der Waals surface area contributed by atoms with Crippen LogP contribution in [0.2, 0.25) is 5.02 Å². The van der Waals surface area contributed by atoms with E-state index in [1.54, 1.807) is 18.2 Å². The Hall–Kier alpha value is -3.10. The number of halogens is 1. The average Bonchev–Trinajstić information content (AvgIpc) is 3.12. The zero-order chi connectivity index (χ0) is 21.1. The number of aromatic nitrogens is 4. The number of fused-ring (bicyclic) bond motifs is 1. The topological polar surface area (TPSA) is 92.2 Å². The van der Waals surface area contributed by atoms with Crippen molar-refractivity contribution in [3.05, 3.63) is 75.5 Å². The van der Waals surface area contributed by atoms with Crippen molar-refractivity contribution in [3.8, 4) is 11.4 Å². The van der Waals surface area contributed by atoms with E-state index >= 15 is 0 Å². The summed E-state index contributed by atoms with van der Waals surface area (Å²) in [5.74, 6) is 0.376. The van der Waals surface area contributed by atoms with Crippen LogP contribution in [0.5, 0.6) is 0 Å². The summed E-state index contributed by atoms with van der Waals surface area (Å²) >= 11 is 7.29. The summed E-state index contributed by atoms with van der Waals surface area (Å²) in [6.07, 6.45) is 0.942. The molecule has 2 aromatic carbocycles. The molecule has 4 rings (SSSR count). The monoisotopic (exact) mass is 439 g/mol. The van der Waals surface area contributed by atoms with Gasteiger partial charge in [-0.05, 0) is 36.2 Å². The molecular weight excluding hydrogens is 422 g/mol. The van der Waals surface area contributed by atoms with Crippen molar-refractivity contribution in [3.63, 3.8) is 0 Å². The Kier molecular flexibility index (Phi) is 5.87. The van der Waals surface area contributed by atoms with Crippen molar-refractivity contribution < 1.29 is 4.79 Å². The van der Waals surface area contributed by atoms with E-state index in [4.69, 9.17) is 11.6 Å². The fraction of sp³-hybridized carbons (Fsp3) is 0.143. The van der Waals surface area contributed by atoms with E-state index in [0.29, 0.717) is 21.7 Å². The molecule has 0 spiro atoms. The second-order valence-electron chi connectivity index (χ2n) is 6.54.